The molecule has 2 heterocycles. The molecule has 1 fully saturated rings. The number of thiazole rings is 1. The van der Waals surface area contributed by atoms with Crippen molar-refractivity contribution in [3.05, 3.63) is 45.9 Å². The number of morpholine rings is 1. The van der Waals surface area contributed by atoms with Gasteiger partial charge in [-0.1, -0.05) is 18.2 Å². The van der Waals surface area contributed by atoms with E-state index < -0.39 is 0 Å². The Kier molecular flexibility index (Phi) is 6.01. The van der Waals surface area contributed by atoms with Crippen molar-refractivity contribution in [1.82, 2.24) is 9.88 Å². The lowest BCUT2D eigenvalue weighted by molar-refractivity contribution is 0.0779. The quantitative estimate of drug-likeness (QED) is 0.791. The second-order valence-corrected chi connectivity index (χ2v) is 6.89. The van der Waals surface area contributed by atoms with Crippen molar-refractivity contribution in [2.45, 2.75) is 13.2 Å². The van der Waals surface area contributed by atoms with Crippen molar-refractivity contribution < 1.29 is 14.3 Å². The third-order valence-electron chi connectivity index (χ3n) is 4.14. The zero-order valence-electron chi connectivity index (χ0n) is 14.6. The van der Waals surface area contributed by atoms with Crippen molar-refractivity contribution in [2.24, 2.45) is 0 Å². The van der Waals surface area contributed by atoms with Crippen LogP contribution in [0.25, 0.3) is 0 Å². The lowest BCUT2D eigenvalue weighted by atomic mass is 10.1. The zero-order chi connectivity index (χ0) is 17.6. The van der Waals surface area contributed by atoms with E-state index in [9.17, 15) is 4.79 Å². The minimum atomic E-state index is -0.0737. The number of benzene rings is 1. The van der Waals surface area contributed by atoms with E-state index in [1.165, 1.54) is 17.0 Å². The first-order valence-electron chi connectivity index (χ1n) is 8.28. The summed E-state index contributed by atoms with van der Waals surface area (Å²) in [5.74, 6) is -0.0737. The van der Waals surface area contributed by atoms with E-state index in [1.54, 1.807) is 17.4 Å². The van der Waals surface area contributed by atoms with Crippen LogP contribution in [0.1, 0.15) is 21.1 Å². The van der Waals surface area contributed by atoms with E-state index in [2.05, 4.69) is 22.0 Å². The second kappa shape index (κ2) is 8.42. The van der Waals surface area contributed by atoms with Crippen molar-refractivity contribution in [2.75, 3.05) is 45.4 Å². The summed E-state index contributed by atoms with van der Waals surface area (Å²) in [7, 11) is 3.44. The van der Waals surface area contributed by atoms with Crippen LogP contribution >= 0.6 is 11.3 Å². The number of aromatic nitrogens is 1. The van der Waals surface area contributed by atoms with E-state index in [4.69, 9.17) is 9.47 Å². The molecule has 1 aromatic heterocycles. The highest BCUT2D eigenvalue weighted by molar-refractivity contribution is 7.09. The van der Waals surface area contributed by atoms with Crippen LogP contribution in [-0.2, 0) is 22.6 Å². The molecule has 1 aliphatic heterocycles. The number of nitrogens with zero attached hydrogens (tertiary/aromatic N) is 3. The van der Waals surface area contributed by atoms with E-state index in [-0.39, 0.29) is 5.91 Å². The Morgan fingerprint density at radius 1 is 1.36 bits per heavy atom. The number of ether oxygens (including phenoxy) is 2. The fourth-order valence-electron chi connectivity index (χ4n) is 2.88. The molecule has 134 valence electrons. The summed E-state index contributed by atoms with van der Waals surface area (Å²) in [6.45, 7) is 4.21. The number of carbonyl (C=O) groups excluding carboxylic acids is 1. The van der Waals surface area contributed by atoms with Gasteiger partial charge in [-0.25, -0.2) is 4.98 Å². The van der Waals surface area contributed by atoms with Gasteiger partial charge < -0.3 is 19.3 Å². The Labute approximate surface area is 152 Å². The molecular formula is C18H23N3O3S. The Bertz CT molecular complexity index is 713. The number of methoxy groups -OCH3 is 1. The van der Waals surface area contributed by atoms with Gasteiger partial charge in [-0.05, 0) is 11.6 Å². The monoisotopic (exact) mass is 361 g/mol. The summed E-state index contributed by atoms with van der Waals surface area (Å²) in [6, 6.07) is 8.23. The lowest BCUT2D eigenvalue weighted by Gasteiger charge is -2.31. The molecule has 0 bridgehead atoms. The van der Waals surface area contributed by atoms with Crippen molar-refractivity contribution in [1.29, 1.82) is 0 Å². The van der Waals surface area contributed by atoms with Crippen LogP contribution in [0.15, 0.2) is 29.6 Å². The van der Waals surface area contributed by atoms with Gasteiger partial charge in [0, 0.05) is 44.9 Å². The first kappa shape index (κ1) is 17.8. The average molecular weight is 361 g/mol. The van der Waals surface area contributed by atoms with Gasteiger partial charge in [0.1, 0.15) is 10.7 Å². The molecule has 0 unspecified atom stereocenters. The summed E-state index contributed by atoms with van der Waals surface area (Å²) in [4.78, 5) is 21.0. The van der Waals surface area contributed by atoms with Crippen LogP contribution in [0, 0.1) is 0 Å². The molecule has 2 aromatic rings. The number of amides is 1. The minimum absolute atomic E-state index is 0.0737. The van der Waals surface area contributed by atoms with Crippen molar-refractivity contribution in [3.8, 4) is 0 Å². The number of anilines is 1. The molecular weight excluding hydrogens is 338 g/mol. The predicted molar refractivity (Wildman–Crippen MR) is 98.1 cm³/mol. The molecule has 0 atom stereocenters. The molecule has 0 saturated carbocycles. The standard InChI is InChI=1S/C18H23N3O3S/c1-20(18(22)15-13-25-17(19-15)12-23-2)11-14-5-3-4-6-16(14)21-7-9-24-10-8-21/h3-6,13H,7-12H2,1-2H3. The highest BCUT2D eigenvalue weighted by Crippen LogP contribution is 2.23. The van der Waals surface area contributed by atoms with Crippen LogP contribution < -0.4 is 4.90 Å². The fourth-order valence-corrected chi connectivity index (χ4v) is 3.62. The van der Waals surface area contributed by atoms with Crippen LogP contribution in [0.4, 0.5) is 5.69 Å². The van der Waals surface area contributed by atoms with E-state index in [0.717, 1.165) is 36.9 Å². The number of para-hydroxylation sites is 1. The summed E-state index contributed by atoms with van der Waals surface area (Å²) in [5, 5.41) is 2.61. The maximum Gasteiger partial charge on any atom is 0.273 e. The van der Waals surface area contributed by atoms with Gasteiger partial charge in [0.2, 0.25) is 0 Å². The molecule has 1 saturated heterocycles. The molecule has 0 radical (unpaired) electrons. The third-order valence-corrected chi connectivity index (χ3v) is 4.96. The molecule has 0 aliphatic carbocycles. The fraction of sp³-hybridized carbons (Fsp3) is 0.444. The molecule has 7 heteroatoms. The topological polar surface area (TPSA) is 54.9 Å². The van der Waals surface area contributed by atoms with Gasteiger partial charge in [0.25, 0.3) is 5.91 Å². The maximum atomic E-state index is 12.6. The summed E-state index contributed by atoms with van der Waals surface area (Å²) >= 11 is 1.45. The normalized spacial score (nSPS) is 14.6. The SMILES string of the molecule is COCc1nc(C(=O)N(C)Cc2ccccc2N2CCOCC2)cs1. The van der Waals surface area contributed by atoms with Gasteiger partial charge >= 0.3 is 0 Å². The molecule has 25 heavy (non-hydrogen) atoms. The number of hydrogen-bond acceptors (Lipinski definition) is 6. The highest BCUT2D eigenvalue weighted by atomic mass is 32.1. The molecule has 1 amide bonds. The average Bonchev–Trinajstić information content (AvgIpc) is 3.11. The van der Waals surface area contributed by atoms with E-state index in [1.807, 2.05) is 19.2 Å². The Morgan fingerprint density at radius 2 is 2.12 bits per heavy atom. The van der Waals surface area contributed by atoms with Gasteiger partial charge in [0.05, 0.1) is 19.8 Å². The zero-order valence-corrected chi connectivity index (χ0v) is 15.4. The molecule has 0 N–H and O–H groups in total. The number of rotatable bonds is 6. The van der Waals surface area contributed by atoms with Crippen molar-refractivity contribution >= 4 is 22.9 Å². The van der Waals surface area contributed by atoms with Crippen LogP contribution in [0.2, 0.25) is 0 Å². The van der Waals surface area contributed by atoms with Crippen LogP contribution in [0.5, 0.6) is 0 Å². The van der Waals surface area contributed by atoms with E-state index in [0.29, 0.717) is 18.8 Å². The minimum Gasteiger partial charge on any atom is -0.378 e. The predicted octanol–water partition coefficient (Wildman–Crippen LogP) is 2.40. The van der Waals surface area contributed by atoms with E-state index >= 15 is 0 Å². The highest BCUT2D eigenvalue weighted by Gasteiger charge is 2.19. The molecule has 1 aliphatic rings. The maximum absolute atomic E-state index is 12.6. The molecule has 6 nitrogen and oxygen atoms in total. The van der Waals surface area contributed by atoms with Gasteiger partial charge in [-0.15, -0.1) is 11.3 Å². The number of carbonyl (C=O) groups is 1. The first-order valence-corrected chi connectivity index (χ1v) is 9.16. The largest absolute Gasteiger partial charge is 0.378 e. The summed E-state index contributed by atoms with van der Waals surface area (Å²) < 4.78 is 10.5. The first-order chi connectivity index (χ1) is 12.2. The summed E-state index contributed by atoms with van der Waals surface area (Å²) in [6.07, 6.45) is 0. The molecule has 1 aromatic carbocycles. The summed E-state index contributed by atoms with van der Waals surface area (Å²) in [5.41, 5.74) is 2.78. The second-order valence-electron chi connectivity index (χ2n) is 5.95. The Hall–Kier alpha value is -1.96. The smallest absolute Gasteiger partial charge is 0.273 e. The lowest BCUT2D eigenvalue weighted by Crippen LogP contribution is -2.37. The number of hydrogen-bond donors (Lipinski definition) is 0. The van der Waals surface area contributed by atoms with Crippen molar-refractivity contribution in [3.63, 3.8) is 0 Å². The Balaban J connectivity index is 1.71. The molecule has 0 spiro atoms. The third kappa shape index (κ3) is 4.36. The Morgan fingerprint density at radius 3 is 2.88 bits per heavy atom. The van der Waals surface area contributed by atoms with Gasteiger partial charge in [0.15, 0.2) is 0 Å². The van der Waals surface area contributed by atoms with Crippen LogP contribution in [-0.4, -0.2) is 56.3 Å². The van der Waals surface area contributed by atoms with Gasteiger partial charge in [-0.2, -0.15) is 0 Å². The molecule has 3 rings (SSSR count). The van der Waals surface area contributed by atoms with Gasteiger partial charge in [-0.3, -0.25) is 4.79 Å². The van der Waals surface area contributed by atoms with Crippen LogP contribution in [0.3, 0.4) is 0 Å².